The molecule has 54 valence electrons. The Balaban J connectivity index is 2.13. The van der Waals surface area contributed by atoms with Gasteiger partial charge in [-0.1, -0.05) is 11.6 Å². The Hall–Kier alpha value is -0.590. The monoisotopic (exact) mass is 136 g/mol. The van der Waals surface area contributed by atoms with Crippen LogP contribution in [0.2, 0.25) is 0 Å². The Labute approximate surface area is 61.1 Å². The van der Waals surface area contributed by atoms with E-state index < -0.39 is 0 Å². The molecule has 0 radical (unpaired) electrons. The van der Waals surface area contributed by atoms with E-state index in [0.29, 0.717) is 5.78 Å². The van der Waals surface area contributed by atoms with Crippen LogP contribution in [0.3, 0.4) is 0 Å². The van der Waals surface area contributed by atoms with Crippen LogP contribution in [-0.4, -0.2) is 5.78 Å². The zero-order valence-electron chi connectivity index (χ0n) is 6.31. The van der Waals surface area contributed by atoms with Gasteiger partial charge in [0, 0.05) is 11.8 Å². The van der Waals surface area contributed by atoms with E-state index in [1.54, 1.807) is 0 Å². The number of Topliss-reactive ketones (excluding diaryl/α,β-unsaturated/α-hetero) is 1. The summed E-state index contributed by atoms with van der Waals surface area (Å²) < 4.78 is 0. The molecule has 0 aromatic heterocycles. The molecule has 0 amide bonds. The van der Waals surface area contributed by atoms with Crippen molar-refractivity contribution >= 4 is 5.78 Å². The normalized spacial score (nSPS) is 38.1. The molecule has 10 heavy (non-hydrogen) atoms. The highest BCUT2D eigenvalue weighted by molar-refractivity contribution is 6.01. The van der Waals surface area contributed by atoms with Gasteiger partial charge in [-0.05, 0) is 26.2 Å². The number of rotatable bonds is 0. The third-order valence-electron chi connectivity index (χ3n) is 2.80. The van der Waals surface area contributed by atoms with E-state index in [1.807, 2.05) is 0 Å². The lowest BCUT2D eigenvalue weighted by molar-refractivity contribution is -0.113. The molecule has 2 rings (SSSR count). The fourth-order valence-electron chi connectivity index (χ4n) is 1.69. The highest BCUT2D eigenvalue weighted by Gasteiger charge is 2.52. The van der Waals surface area contributed by atoms with Gasteiger partial charge in [-0.15, -0.1) is 0 Å². The predicted octanol–water partition coefficient (Wildman–Crippen LogP) is 2.08. The first kappa shape index (κ1) is 6.14. The summed E-state index contributed by atoms with van der Waals surface area (Å²) >= 11 is 0. The Morgan fingerprint density at radius 3 is 2.70 bits per heavy atom. The average Bonchev–Trinajstić information content (AvgIpc) is 2.53. The maximum absolute atomic E-state index is 10.9. The van der Waals surface area contributed by atoms with E-state index in [4.69, 9.17) is 0 Å². The summed E-state index contributed by atoms with van der Waals surface area (Å²) in [6.45, 7) is 2.15. The molecule has 0 aromatic carbocycles. The van der Waals surface area contributed by atoms with Crippen LogP contribution in [-0.2, 0) is 4.79 Å². The minimum Gasteiger partial charge on any atom is -0.299 e. The summed E-state index contributed by atoms with van der Waals surface area (Å²) in [5.74, 6) is 0.497. The Morgan fingerprint density at radius 1 is 1.60 bits per heavy atom. The second-order valence-corrected chi connectivity index (χ2v) is 3.63. The number of hydrogen-bond donors (Lipinski definition) is 0. The van der Waals surface area contributed by atoms with Crippen LogP contribution in [0.15, 0.2) is 11.6 Å². The Bertz CT molecular complexity index is 215. The quantitative estimate of drug-likeness (QED) is 0.466. The molecule has 1 heteroatoms. The highest BCUT2D eigenvalue weighted by Crippen LogP contribution is 2.51. The second-order valence-electron chi connectivity index (χ2n) is 3.63. The zero-order chi connectivity index (χ0) is 7.19. The van der Waals surface area contributed by atoms with Gasteiger partial charge in [-0.2, -0.15) is 0 Å². The zero-order valence-corrected chi connectivity index (χ0v) is 6.31. The topological polar surface area (TPSA) is 17.1 Å². The summed E-state index contributed by atoms with van der Waals surface area (Å²) in [5, 5.41) is 0. The van der Waals surface area contributed by atoms with Crippen molar-refractivity contribution in [2.24, 2.45) is 5.41 Å². The van der Waals surface area contributed by atoms with Crippen molar-refractivity contribution in [3.8, 4) is 0 Å². The van der Waals surface area contributed by atoms with Crippen LogP contribution in [0.4, 0.5) is 0 Å². The average molecular weight is 136 g/mol. The minimum atomic E-state index is 0.152. The molecule has 0 bridgehead atoms. The first-order valence-corrected chi connectivity index (χ1v) is 3.92. The molecule has 1 nitrogen and oxygen atoms in total. The number of carbonyl (C=O) groups excluding carboxylic acids is 1. The van der Waals surface area contributed by atoms with Crippen molar-refractivity contribution in [3.05, 3.63) is 11.6 Å². The highest BCUT2D eigenvalue weighted by atomic mass is 16.1. The van der Waals surface area contributed by atoms with E-state index in [1.165, 1.54) is 5.57 Å². The first-order valence-electron chi connectivity index (χ1n) is 3.92. The fraction of sp³-hybridized carbons (Fsp3) is 0.667. The molecule has 1 saturated carbocycles. The van der Waals surface area contributed by atoms with Crippen LogP contribution in [0.25, 0.3) is 0 Å². The summed E-state index contributed by atoms with van der Waals surface area (Å²) in [7, 11) is 0. The van der Waals surface area contributed by atoms with Crippen LogP contribution in [0, 0.1) is 5.41 Å². The van der Waals surface area contributed by atoms with Gasteiger partial charge in [0.1, 0.15) is 5.78 Å². The smallest absolute Gasteiger partial charge is 0.140 e. The molecule has 1 unspecified atom stereocenters. The van der Waals surface area contributed by atoms with Gasteiger partial charge in [0.15, 0.2) is 0 Å². The van der Waals surface area contributed by atoms with Crippen LogP contribution in [0.5, 0.6) is 0 Å². The largest absolute Gasteiger partial charge is 0.299 e. The molecule has 0 heterocycles. The van der Waals surface area contributed by atoms with E-state index in [0.717, 1.165) is 25.7 Å². The van der Waals surface area contributed by atoms with Gasteiger partial charge < -0.3 is 0 Å². The van der Waals surface area contributed by atoms with Crippen LogP contribution >= 0.6 is 0 Å². The molecule has 1 spiro atoms. The summed E-state index contributed by atoms with van der Waals surface area (Å²) in [5.41, 5.74) is 1.62. The van der Waals surface area contributed by atoms with Crippen molar-refractivity contribution in [1.82, 2.24) is 0 Å². The molecule has 1 atom stereocenters. The second kappa shape index (κ2) is 1.71. The number of carbonyl (C=O) groups is 1. The SMILES string of the molecule is CC1=CCC2(CC1)CC2=O. The molecule has 2 aliphatic rings. The van der Waals surface area contributed by atoms with Gasteiger partial charge in [0.25, 0.3) is 0 Å². The third-order valence-corrected chi connectivity index (χ3v) is 2.80. The van der Waals surface area contributed by atoms with Gasteiger partial charge in [0.05, 0.1) is 0 Å². The molecule has 1 fully saturated rings. The van der Waals surface area contributed by atoms with E-state index in [2.05, 4.69) is 13.0 Å². The first-order chi connectivity index (χ1) is 4.73. The van der Waals surface area contributed by atoms with E-state index in [-0.39, 0.29) is 5.41 Å². The van der Waals surface area contributed by atoms with Crippen LogP contribution in [0.1, 0.15) is 32.6 Å². The molecule has 0 aliphatic heterocycles. The lowest BCUT2D eigenvalue weighted by atomic mass is 9.87. The summed E-state index contributed by atoms with van der Waals surface area (Å²) in [4.78, 5) is 10.9. The summed E-state index contributed by atoms with van der Waals surface area (Å²) in [6, 6.07) is 0. The fourth-order valence-corrected chi connectivity index (χ4v) is 1.69. The molecule has 2 aliphatic carbocycles. The molecule has 0 saturated heterocycles. The predicted molar refractivity (Wildman–Crippen MR) is 39.7 cm³/mol. The number of ketones is 1. The Morgan fingerprint density at radius 2 is 2.30 bits per heavy atom. The molecular formula is C9H12O. The minimum absolute atomic E-state index is 0.152. The maximum Gasteiger partial charge on any atom is 0.140 e. The van der Waals surface area contributed by atoms with E-state index in [9.17, 15) is 4.79 Å². The Kier molecular flexibility index (Phi) is 1.05. The van der Waals surface area contributed by atoms with Crippen molar-refractivity contribution in [3.63, 3.8) is 0 Å². The molecular weight excluding hydrogens is 124 g/mol. The van der Waals surface area contributed by atoms with Crippen molar-refractivity contribution in [2.45, 2.75) is 32.6 Å². The lowest BCUT2D eigenvalue weighted by Crippen LogP contribution is -2.07. The lowest BCUT2D eigenvalue weighted by Gasteiger charge is -2.16. The van der Waals surface area contributed by atoms with Crippen LogP contribution < -0.4 is 0 Å². The van der Waals surface area contributed by atoms with Crippen molar-refractivity contribution in [2.75, 3.05) is 0 Å². The number of allylic oxidation sites excluding steroid dienone is 2. The van der Waals surface area contributed by atoms with Crippen molar-refractivity contribution in [1.29, 1.82) is 0 Å². The van der Waals surface area contributed by atoms with Gasteiger partial charge >= 0.3 is 0 Å². The van der Waals surface area contributed by atoms with E-state index >= 15 is 0 Å². The molecule has 0 N–H and O–H groups in total. The maximum atomic E-state index is 10.9. The standard InChI is InChI=1S/C9H12O/c1-7-2-4-9(5-3-7)6-8(9)10/h2H,3-6H2,1H3. The summed E-state index contributed by atoms with van der Waals surface area (Å²) in [6.07, 6.45) is 6.38. The van der Waals surface area contributed by atoms with Gasteiger partial charge in [-0.3, -0.25) is 4.79 Å². The van der Waals surface area contributed by atoms with Crippen molar-refractivity contribution < 1.29 is 4.79 Å². The third kappa shape index (κ3) is 0.731. The van der Waals surface area contributed by atoms with Gasteiger partial charge in [-0.25, -0.2) is 0 Å². The number of hydrogen-bond acceptors (Lipinski definition) is 1. The molecule has 0 aromatic rings. The van der Waals surface area contributed by atoms with Gasteiger partial charge in [0.2, 0.25) is 0 Å².